The fourth-order valence-electron chi connectivity index (χ4n) is 2.36. The van der Waals surface area contributed by atoms with E-state index in [9.17, 15) is 23.1 Å². The first-order valence-corrected chi connectivity index (χ1v) is 12.0. The molecular formula is C20H27Cl2N5O6S. The van der Waals surface area contributed by atoms with Crippen LogP contribution in [-0.2, 0) is 21.0 Å². The highest BCUT2D eigenvalue weighted by Crippen LogP contribution is 2.37. The molecule has 0 aliphatic rings. The minimum Gasteiger partial charge on any atom is -0.726 e. The zero-order valence-corrected chi connectivity index (χ0v) is 21.5. The Morgan fingerprint density at radius 1 is 1.06 bits per heavy atom. The molecule has 2 aromatic carbocycles. The summed E-state index contributed by atoms with van der Waals surface area (Å²) in [6.07, 6.45) is 0.925. The van der Waals surface area contributed by atoms with Crippen molar-refractivity contribution in [3.63, 3.8) is 0 Å². The van der Waals surface area contributed by atoms with Crippen LogP contribution in [0.5, 0.6) is 0 Å². The highest BCUT2D eigenvalue weighted by atomic mass is 35.5. The number of nitro groups is 1. The predicted molar refractivity (Wildman–Crippen MR) is 130 cm³/mol. The average Bonchev–Trinajstić information content (AvgIpc) is 2.73. The van der Waals surface area contributed by atoms with Crippen LogP contribution in [0.15, 0.2) is 46.6 Å². The zero-order valence-electron chi connectivity index (χ0n) is 19.2. The summed E-state index contributed by atoms with van der Waals surface area (Å²) in [5.74, 6) is 0. The van der Waals surface area contributed by atoms with E-state index in [1.807, 2.05) is 24.3 Å². The average molecular weight is 536 g/mol. The van der Waals surface area contributed by atoms with Crippen molar-refractivity contribution in [3.05, 3.63) is 62.1 Å². The lowest BCUT2D eigenvalue weighted by atomic mass is 10.1. The summed E-state index contributed by atoms with van der Waals surface area (Å²) in [6.45, 7) is 2.97. The van der Waals surface area contributed by atoms with E-state index < -0.39 is 15.3 Å². The van der Waals surface area contributed by atoms with Crippen molar-refractivity contribution in [2.45, 2.75) is 6.42 Å². The number of hydrogen-bond donors (Lipinski definition) is 1. The van der Waals surface area contributed by atoms with Gasteiger partial charge in [-0.15, -0.1) is 5.11 Å². The van der Waals surface area contributed by atoms with Crippen molar-refractivity contribution in [2.24, 2.45) is 10.2 Å². The molecule has 0 spiro atoms. The fourth-order valence-corrected chi connectivity index (χ4v) is 2.91. The van der Waals surface area contributed by atoms with Gasteiger partial charge in [0, 0.05) is 18.7 Å². The third-order valence-corrected chi connectivity index (χ3v) is 5.15. The third-order valence-electron chi connectivity index (χ3n) is 4.17. The topological polar surface area (TPSA) is 146 Å². The van der Waals surface area contributed by atoms with E-state index in [1.165, 1.54) is 17.7 Å². The van der Waals surface area contributed by atoms with Gasteiger partial charge >= 0.3 is 0 Å². The van der Waals surface area contributed by atoms with Crippen molar-refractivity contribution in [3.8, 4) is 0 Å². The Morgan fingerprint density at radius 3 is 2.03 bits per heavy atom. The summed E-state index contributed by atoms with van der Waals surface area (Å²) in [7, 11) is 2.91. The van der Waals surface area contributed by atoms with Crippen molar-refractivity contribution >= 4 is 50.7 Å². The minimum absolute atomic E-state index is 0.0829. The van der Waals surface area contributed by atoms with Gasteiger partial charge in [0.1, 0.15) is 5.69 Å². The number of quaternary nitrogens is 1. The summed E-state index contributed by atoms with van der Waals surface area (Å²) in [6, 6.07) is 10.1. The predicted octanol–water partition coefficient (Wildman–Crippen LogP) is 4.25. The van der Waals surface area contributed by atoms with Crippen LogP contribution < -0.4 is 5.32 Å². The summed E-state index contributed by atoms with van der Waals surface area (Å²) >= 11 is 12.1. The van der Waals surface area contributed by atoms with Crippen molar-refractivity contribution in [2.75, 3.05) is 47.9 Å². The van der Waals surface area contributed by atoms with Gasteiger partial charge in [-0.25, -0.2) is 8.42 Å². The van der Waals surface area contributed by atoms with Gasteiger partial charge in [-0.1, -0.05) is 35.3 Å². The fraction of sp³-hybridized carbons (Fsp3) is 0.400. The molecule has 2 rings (SSSR count). The molecule has 0 aromatic heterocycles. The molecule has 0 saturated carbocycles. The first-order valence-electron chi connectivity index (χ1n) is 9.88. The Balaban J connectivity index is 0.000000852. The molecule has 0 heterocycles. The number of nitrogens with one attached hydrogen (secondary N) is 1. The molecule has 188 valence electrons. The van der Waals surface area contributed by atoms with Gasteiger partial charge in [0.05, 0.1) is 55.5 Å². The molecule has 0 bridgehead atoms. The van der Waals surface area contributed by atoms with E-state index in [0.29, 0.717) is 5.69 Å². The highest BCUT2D eigenvalue weighted by molar-refractivity contribution is 7.80. The number of benzene rings is 2. The SMILES string of the molecule is COS(=O)(=O)[O-].C[N+](C)(C)CCNCCc1ccc(N=Nc2c(Cl)cc([N+](=O)[O-])cc2Cl)cc1. The summed E-state index contributed by atoms with van der Waals surface area (Å²) in [5.41, 5.74) is 1.86. The molecule has 0 fully saturated rings. The Labute approximate surface area is 209 Å². The molecule has 34 heavy (non-hydrogen) atoms. The van der Waals surface area contributed by atoms with Crippen LogP contribution in [0.25, 0.3) is 0 Å². The maximum absolute atomic E-state index is 10.8. The third kappa shape index (κ3) is 12.3. The molecule has 1 N–H and O–H groups in total. The maximum Gasteiger partial charge on any atom is 0.272 e. The molecule has 0 amide bonds. The van der Waals surface area contributed by atoms with E-state index in [1.54, 1.807) is 0 Å². The first kappa shape index (κ1) is 29.8. The van der Waals surface area contributed by atoms with Gasteiger partial charge in [0.15, 0.2) is 0 Å². The molecule has 0 radical (unpaired) electrons. The van der Waals surface area contributed by atoms with Crippen LogP contribution in [0.2, 0.25) is 10.0 Å². The second-order valence-electron chi connectivity index (χ2n) is 7.97. The number of hydrogen-bond acceptors (Lipinski definition) is 9. The van der Waals surface area contributed by atoms with Gasteiger partial charge in [-0.2, -0.15) is 5.11 Å². The number of rotatable bonds is 10. The lowest BCUT2D eigenvalue weighted by molar-refractivity contribution is -0.869. The normalized spacial score (nSPS) is 11.9. The largest absolute Gasteiger partial charge is 0.726 e. The molecule has 14 heteroatoms. The van der Waals surface area contributed by atoms with Gasteiger partial charge in [0.2, 0.25) is 10.4 Å². The van der Waals surface area contributed by atoms with Crippen molar-refractivity contribution in [1.29, 1.82) is 0 Å². The first-order chi connectivity index (χ1) is 15.7. The zero-order chi connectivity index (χ0) is 25.9. The Hall–Kier alpha value is -2.19. The number of nitrogens with zero attached hydrogens (tertiary/aromatic N) is 4. The van der Waals surface area contributed by atoms with Gasteiger partial charge in [0.25, 0.3) is 5.69 Å². The maximum atomic E-state index is 10.8. The van der Waals surface area contributed by atoms with Crippen LogP contribution in [0, 0.1) is 10.1 Å². The summed E-state index contributed by atoms with van der Waals surface area (Å²) < 4.78 is 32.0. The molecule has 0 aliphatic heterocycles. The molecule has 0 saturated heterocycles. The van der Waals surface area contributed by atoms with Gasteiger partial charge < -0.3 is 14.4 Å². The minimum atomic E-state index is -4.41. The van der Waals surface area contributed by atoms with E-state index in [4.69, 9.17) is 23.2 Å². The van der Waals surface area contributed by atoms with Gasteiger partial charge in [-0.05, 0) is 30.7 Å². The number of halogens is 2. The van der Waals surface area contributed by atoms with E-state index in [2.05, 4.69) is 40.9 Å². The number of non-ortho nitro benzene ring substituents is 1. The van der Waals surface area contributed by atoms with Crippen molar-refractivity contribution < 1.29 is 26.6 Å². The molecule has 0 atom stereocenters. The second kappa shape index (κ2) is 13.6. The van der Waals surface area contributed by atoms with Crippen LogP contribution in [0.3, 0.4) is 0 Å². The highest BCUT2D eigenvalue weighted by Gasteiger charge is 2.14. The standard InChI is InChI=1S/C19H24Cl2N5O2.CH4O4S/c1-26(2,3)11-10-22-9-8-14-4-6-15(7-5-14)23-24-19-17(20)12-16(25(27)28)13-18(19)21;1-5-6(2,3)4/h4-7,12-13,22H,8-11H2,1-3H3;1H3,(H,2,3,4)/q+1;/p-1. The lowest BCUT2D eigenvalue weighted by Crippen LogP contribution is -2.40. The van der Waals surface area contributed by atoms with Crippen LogP contribution in [0.1, 0.15) is 5.56 Å². The Bertz CT molecular complexity index is 1070. The second-order valence-corrected chi connectivity index (χ2v) is 9.93. The monoisotopic (exact) mass is 535 g/mol. The molecule has 0 unspecified atom stereocenters. The number of azo groups is 1. The summed E-state index contributed by atoms with van der Waals surface area (Å²) in [4.78, 5) is 10.3. The Kier molecular flexibility index (Phi) is 12.0. The Morgan fingerprint density at radius 2 is 1.59 bits per heavy atom. The summed E-state index contributed by atoms with van der Waals surface area (Å²) in [5, 5.41) is 22.6. The van der Waals surface area contributed by atoms with E-state index >= 15 is 0 Å². The van der Waals surface area contributed by atoms with Crippen molar-refractivity contribution in [1.82, 2.24) is 5.32 Å². The number of nitro benzene ring substituents is 1. The van der Waals surface area contributed by atoms with E-state index in [-0.39, 0.29) is 21.4 Å². The van der Waals surface area contributed by atoms with Crippen LogP contribution in [0.4, 0.5) is 17.1 Å². The van der Waals surface area contributed by atoms with Crippen LogP contribution >= 0.6 is 23.2 Å². The van der Waals surface area contributed by atoms with Gasteiger partial charge in [-0.3, -0.25) is 14.3 Å². The quantitative estimate of drug-likeness (QED) is 0.0908. The number of likely N-dealkylation sites (N-methyl/N-ethyl adjacent to an activating group) is 1. The molecule has 2 aromatic rings. The molecule has 11 nitrogen and oxygen atoms in total. The van der Waals surface area contributed by atoms with E-state index in [0.717, 1.165) is 37.6 Å². The smallest absolute Gasteiger partial charge is 0.272 e. The molecular weight excluding hydrogens is 509 g/mol. The molecule has 0 aliphatic carbocycles. The lowest BCUT2D eigenvalue weighted by Gasteiger charge is -2.23. The van der Waals surface area contributed by atoms with Crippen LogP contribution in [-0.4, -0.2) is 70.3 Å².